The molecule has 1 fully saturated rings. The molecule has 0 aromatic carbocycles. The van der Waals surface area contributed by atoms with Crippen molar-refractivity contribution in [2.45, 2.75) is 46.6 Å². The molecule has 0 spiro atoms. The summed E-state index contributed by atoms with van der Waals surface area (Å²) in [5, 5.41) is 3.55. The summed E-state index contributed by atoms with van der Waals surface area (Å²) in [6.45, 7) is 15.7. The third-order valence-electron chi connectivity index (χ3n) is 3.48. The molecule has 0 radical (unpaired) electrons. The van der Waals surface area contributed by atoms with Gasteiger partial charge in [0.05, 0.1) is 6.10 Å². The summed E-state index contributed by atoms with van der Waals surface area (Å²) in [7, 11) is 0. The fourth-order valence-corrected chi connectivity index (χ4v) is 2.67. The van der Waals surface area contributed by atoms with E-state index in [9.17, 15) is 0 Å². The molecule has 18 heavy (non-hydrogen) atoms. The Kier molecular flexibility index (Phi) is 7.87. The topological polar surface area (TPSA) is 24.5 Å². The van der Waals surface area contributed by atoms with E-state index in [0.717, 1.165) is 38.1 Å². The molecule has 0 aliphatic carbocycles. The SMILES string of the molecule is CCOC1CCCN(CC(C)CNCC(C)C)C1. The summed E-state index contributed by atoms with van der Waals surface area (Å²) in [6, 6.07) is 0. The van der Waals surface area contributed by atoms with Crippen LogP contribution in [0.3, 0.4) is 0 Å². The summed E-state index contributed by atoms with van der Waals surface area (Å²) >= 11 is 0. The maximum Gasteiger partial charge on any atom is 0.0702 e. The average molecular weight is 256 g/mol. The van der Waals surface area contributed by atoms with E-state index >= 15 is 0 Å². The third-order valence-corrected chi connectivity index (χ3v) is 3.48. The minimum atomic E-state index is 0.472. The predicted molar refractivity (Wildman–Crippen MR) is 78.0 cm³/mol. The van der Waals surface area contributed by atoms with Gasteiger partial charge in [-0.15, -0.1) is 0 Å². The van der Waals surface area contributed by atoms with Crippen molar-refractivity contribution in [2.24, 2.45) is 11.8 Å². The van der Waals surface area contributed by atoms with E-state index in [1.165, 1.54) is 25.9 Å². The van der Waals surface area contributed by atoms with Crippen molar-refractivity contribution in [3.8, 4) is 0 Å². The second-order valence-electron chi connectivity index (χ2n) is 6.14. The fraction of sp³-hybridized carbons (Fsp3) is 1.00. The smallest absolute Gasteiger partial charge is 0.0702 e. The minimum absolute atomic E-state index is 0.472. The molecule has 1 heterocycles. The number of hydrogen-bond acceptors (Lipinski definition) is 3. The number of likely N-dealkylation sites (tertiary alicyclic amines) is 1. The van der Waals surface area contributed by atoms with Gasteiger partial charge in [-0.05, 0) is 51.2 Å². The van der Waals surface area contributed by atoms with Crippen LogP contribution in [-0.2, 0) is 4.74 Å². The highest BCUT2D eigenvalue weighted by atomic mass is 16.5. The number of ether oxygens (including phenoxy) is 1. The van der Waals surface area contributed by atoms with Gasteiger partial charge >= 0.3 is 0 Å². The van der Waals surface area contributed by atoms with Gasteiger partial charge in [-0.3, -0.25) is 0 Å². The van der Waals surface area contributed by atoms with Crippen molar-refractivity contribution >= 4 is 0 Å². The molecule has 3 heteroatoms. The zero-order valence-corrected chi connectivity index (χ0v) is 12.7. The molecule has 1 saturated heterocycles. The van der Waals surface area contributed by atoms with Crippen LogP contribution in [0.15, 0.2) is 0 Å². The highest BCUT2D eigenvalue weighted by Gasteiger charge is 2.21. The van der Waals surface area contributed by atoms with Crippen molar-refractivity contribution in [3.05, 3.63) is 0 Å². The van der Waals surface area contributed by atoms with Crippen molar-refractivity contribution < 1.29 is 4.74 Å². The Bertz CT molecular complexity index is 207. The van der Waals surface area contributed by atoms with E-state index in [-0.39, 0.29) is 0 Å². The molecule has 0 aromatic rings. The van der Waals surface area contributed by atoms with E-state index in [1.54, 1.807) is 0 Å². The quantitative estimate of drug-likeness (QED) is 0.721. The molecule has 108 valence electrons. The van der Waals surface area contributed by atoms with Gasteiger partial charge in [0.2, 0.25) is 0 Å². The Labute approximate surface area is 113 Å². The van der Waals surface area contributed by atoms with Gasteiger partial charge in [0, 0.05) is 19.7 Å². The van der Waals surface area contributed by atoms with Crippen LogP contribution in [0.2, 0.25) is 0 Å². The zero-order chi connectivity index (χ0) is 13.4. The van der Waals surface area contributed by atoms with Crippen LogP contribution in [0.4, 0.5) is 0 Å². The molecule has 0 aromatic heterocycles. The molecule has 1 N–H and O–H groups in total. The molecular formula is C15H32N2O. The monoisotopic (exact) mass is 256 g/mol. The number of hydrogen-bond donors (Lipinski definition) is 1. The largest absolute Gasteiger partial charge is 0.377 e. The molecule has 2 unspecified atom stereocenters. The molecular weight excluding hydrogens is 224 g/mol. The molecule has 2 atom stereocenters. The van der Waals surface area contributed by atoms with E-state index < -0.39 is 0 Å². The lowest BCUT2D eigenvalue weighted by atomic mass is 10.1. The molecule has 1 aliphatic rings. The number of nitrogens with one attached hydrogen (secondary N) is 1. The highest BCUT2D eigenvalue weighted by molar-refractivity contribution is 4.75. The number of nitrogens with zero attached hydrogens (tertiary/aromatic N) is 1. The van der Waals surface area contributed by atoms with Crippen LogP contribution in [-0.4, -0.2) is 50.3 Å². The van der Waals surface area contributed by atoms with Crippen LogP contribution < -0.4 is 5.32 Å². The van der Waals surface area contributed by atoms with Gasteiger partial charge in [-0.25, -0.2) is 0 Å². The first kappa shape index (κ1) is 15.9. The van der Waals surface area contributed by atoms with Crippen molar-refractivity contribution in [1.29, 1.82) is 0 Å². The lowest BCUT2D eigenvalue weighted by molar-refractivity contribution is 0.00250. The Morgan fingerprint density at radius 3 is 2.72 bits per heavy atom. The second-order valence-corrected chi connectivity index (χ2v) is 6.14. The van der Waals surface area contributed by atoms with Crippen LogP contribution in [0.25, 0.3) is 0 Å². The lowest BCUT2D eigenvalue weighted by Gasteiger charge is -2.34. The van der Waals surface area contributed by atoms with E-state index in [0.29, 0.717) is 6.10 Å². The standard InChI is InChI=1S/C15H32N2O/c1-5-18-15-7-6-8-17(12-15)11-14(4)10-16-9-13(2)3/h13-16H,5-12H2,1-4H3. The second kappa shape index (κ2) is 8.89. The first-order valence-corrected chi connectivity index (χ1v) is 7.66. The Morgan fingerprint density at radius 2 is 2.06 bits per heavy atom. The van der Waals surface area contributed by atoms with E-state index in [4.69, 9.17) is 4.74 Å². The first-order chi connectivity index (χ1) is 8.61. The lowest BCUT2D eigenvalue weighted by Crippen LogP contribution is -2.43. The van der Waals surface area contributed by atoms with Gasteiger partial charge in [-0.1, -0.05) is 20.8 Å². The van der Waals surface area contributed by atoms with Gasteiger partial charge in [0.25, 0.3) is 0 Å². The molecule has 1 rings (SSSR count). The van der Waals surface area contributed by atoms with Crippen LogP contribution in [0.1, 0.15) is 40.5 Å². The van der Waals surface area contributed by atoms with Crippen LogP contribution in [0, 0.1) is 11.8 Å². The van der Waals surface area contributed by atoms with E-state index in [1.807, 2.05) is 0 Å². The highest BCUT2D eigenvalue weighted by Crippen LogP contribution is 2.14. The maximum atomic E-state index is 5.75. The Morgan fingerprint density at radius 1 is 1.28 bits per heavy atom. The van der Waals surface area contributed by atoms with Crippen molar-refractivity contribution in [3.63, 3.8) is 0 Å². The van der Waals surface area contributed by atoms with Crippen molar-refractivity contribution in [1.82, 2.24) is 10.2 Å². The summed E-state index contributed by atoms with van der Waals surface area (Å²) in [6.07, 6.45) is 3.00. The third kappa shape index (κ3) is 6.72. The number of rotatable bonds is 8. The molecule has 3 nitrogen and oxygen atoms in total. The average Bonchev–Trinajstić information content (AvgIpc) is 2.29. The predicted octanol–water partition coefficient (Wildman–Crippen LogP) is 2.37. The normalized spacial score (nSPS) is 23.5. The van der Waals surface area contributed by atoms with Crippen LogP contribution in [0.5, 0.6) is 0 Å². The van der Waals surface area contributed by atoms with Gasteiger partial charge in [-0.2, -0.15) is 0 Å². The Balaban J connectivity index is 2.16. The van der Waals surface area contributed by atoms with Crippen LogP contribution >= 0.6 is 0 Å². The molecule has 0 bridgehead atoms. The number of piperidine rings is 1. The summed E-state index contributed by atoms with van der Waals surface area (Å²) < 4.78 is 5.75. The molecule has 0 saturated carbocycles. The van der Waals surface area contributed by atoms with Crippen molar-refractivity contribution in [2.75, 3.05) is 39.3 Å². The van der Waals surface area contributed by atoms with Gasteiger partial charge < -0.3 is 15.0 Å². The molecule has 0 amide bonds. The maximum absolute atomic E-state index is 5.75. The van der Waals surface area contributed by atoms with Gasteiger partial charge in [0.15, 0.2) is 0 Å². The molecule has 1 aliphatic heterocycles. The summed E-state index contributed by atoms with van der Waals surface area (Å²) in [5.74, 6) is 1.47. The Hall–Kier alpha value is -0.120. The zero-order valence-electron chi connectivity index (χ0n) is 12.7. The fourth-order valence-electron chi connectivity index (χ4n) is 2.67. The van der Waals surface area contributed by atoms with E-state index in [2.05, 4.69) is 37.9 Å². The van der Waals surface area contributed by atoms with Gasteiger partial charge in [0.1, 0.15) is 0 Å². The first-order valence-electron chi connectivity index (χ1n) is 7.66. The summed E-state index contributed by atoms with van der Waals surface area (Å²) in [5.41, 5.74) is 0. The minimum Gasteiger partial charge on any atom is -0.377 e. The summed E-state index contributed by atoms with van der Waals surface area (Å²) in [4.78, 5) is 2.57.